The third-order valence-corrected chi connectivity index (χ3v) is 5.41. The molecule has 0 saturated carbocycles. The smallest absolute Gasteiger partial charge is 0.245 e. The van der Waals surface area contributed by atoms with Crippen LogP contribution in [-0.2, 0) is 14.8 Å². The molecule has 0 aliphatic rings. The molecular weight excluding hydrogens is 383 g/mol. The first-order valence-electron chi connectivity index (χ1n) is 7.38. The Morgan fingerprint density at radius 3 is 2.32 bits per heavy atom. The summed E-state index contributed by atoms with van der Waals surface area (Å²) >= 11 is 11.8. The summed E-state index contributed by atoms with van der Waals surface area (Å²) in [6, 6.07) is 9.99. The second-order valence-electron chi connectivity index (χ2n) is 5.73. The van der Waals surface area contributed by atoms with Gasteiger partial charge in [0, 0.05) is 5.69 Å². The fraction of sp³-hybridized carbons (Fsp3) is 0.235. The molecule has 2 aromatic carbocycles. The van der Waals surface area contributed by atoms with Crippen molar-refractivity contribution in [3.8, 4) is 0 Å². The van der Waals surface area contributed by atoms with Gasteiger partial charge in [0.05, 0.1) is 22.0 Å². The van der Waals surface area contributed by atoms with E-state index in [2.05, 4.69) is 5.32 Å². The third-order valence-electron chi connectivity index (χ3n) is 3.53. The first-order valence-corrected chi connectivity index (χ1v) is 9.98. The zero-order chi connectivity index (χ0) is 18.8. The molecule has 1 amide bonds. The van der Waals surface area contributed by atoms with Gasteiger partial charge in [-0.2, -0.15) is 0 Å². The summed E-state index contributed by atoms with van der Waals surface area (Å²) in [6.07, 6.45) is 1.03. The number of hydrogen-bond acceptors (Lipinski definition) is 3. The summed E-state index contributed by atoms with van der Waals surface area (Å²) in [5.74, 6) is -0.455. The molecule has 0 radical (unpaired) electrons. The minimum atomic E-state index is -3.68. The highest BCUT2D eigenvalue weighted by Crippen LogP contribution is 2.28. The van der Waals surface area contributed by atoms with E-state index in [1.54, 1.807) is 6.07 Å². The van der Waals surface area contributed by atoms with Crippen molar-refractivity contribution in [2.45, 2.75) is 13.8 Å². The van der Waals surface area contributed by atoms with Crippen LogP contribution in [0.3, 0.4) is 0 Å². The van der Waals surface area contributed by atoms with Crippen LogP contribution in [0.2, 0.25) is 10.0 Å². The van der Waals surface area contributed by atoms with Crippen LogP contribution >= 0.6 is 23.2 Å². The molecule has 134 valence electrons. The van der Waals surface area contributed by atoms with Crippen LogP contribution in [0.4, 0.5) is 11.4 Å². The van der Waals surface area contributed by atoms with Crippen molar-refractivity contribution >= 4 is 50.5 Å². The van der Waals surface area contributed by atoms with Gasteiger partial charge in [-0.15, -0.1) is 0 Å². The van der Waals surface area contributed by atoms with Crippen LogP contribution in [0.5, 0.6) is 0 Å². The van der Waals surface area contributed by atoms with Crippen molar-refractivity contribution in [2.75, 3.05) is 22.4 Å². The van der Waals surface area contributed by atoms with E-state index in [1.165, 1.54) is 18.2 Å². The summed E-state index contributed by atoms with van der Waals surface area (Å²) < 4.78 is 25.2. The number of carbonyl (C=O) groups excluding carboxylic acids is 1. The Bertz CT molecular complexity index is 914. The molecule has 25 heavy (non-hydrogen) atoms. The van der Waals surface area contributed by atoms with Crippen molar-refractivity contribution in [2.24, 2.45) is 0 Å². The maximum Gasteiger partial charge on any atom is 0.245 e. The standard InChI is InChI=1S/C17H18Cl2N2O3S/c1-11-4-7-16(12(2)8-11)20-17(22)10-21(25(3,23)24)13-5-6-14(18)15(19)9-13/h4-9H,10H2,1-3H3,(H,20,22). The molecule has 0 aliphatic heterocycles. The highest BCUT2D eigenvalue weighted by Gasteiger charge is 2.22. The molecule has 0 aliphatic carbocycles. The topological polar surface area (TPSA) is 66.5 Å². The van der Waals surface area contributed by atoms with Gasteiger partial charge in [0.2, 0.25) is 15.9 Å². The Hall–Kier alpha value is -1.76. The molecule has 0 bridgehead atoms. The fourth-order valence-corrected chi connectivity index (χ4v) is 3.45. The maximum atomic E-state index is 12.4. The number of rotatable bonds is 5. The molecule has 0 heterocycles. The van der Waals surface area contributed by atoms with Gasteiger partial charge in [-0.05, 0) is 43.7 Å². The van der Waals surface area contributed by atoms with E-state index in [-0.39, 0.29) is 17.3 Å². The van der Waals surface area contributed by atoms with Gasteiger partial charge in [0.15, 0.2) is 0 Å². The Kier molecular flexibility index (Phi) is 5.98. The normalized spacial score (nSPS) is 11.2. The quantitative estimate of drug-likeness (QED) is 0.823. The van der Waals surface area contributed by atoms with Crippen molar-refractivity contribution in [1.82, 2.24) is 0 Å². The molecule has 0 atom stereocenters. The summed E-state index contributed by atoms with van der Waals surface area (Å²) in [7, 11) is -3.68. The van der Waals surface area contributed by atoms with Gasteiger partial charge in [0.1, 0.15) is 6.54 Å². The number of nitrogens with zero attached hydrogens (tertiary/aromatic N) is 1. The highest BCUT2D eigenvalue weighted by atomic mass is 35.5. The van der Waals surface area contributed by atoms with E-state index in [4.69, 9.17) is 23.2 Å². The van der Waals surface area contributed by atoms with E-state index in [9.17, 15) is 13.2 Å². The molecule has 0 aromatic heterocycles. The minimum absolute atomic E-state index is 0.211. The third kappa shape index (κ3) is 5.11. The van der Waals surface area contributed by atoms with E-state index < -0.39 is 15.9 Å². The number of hydrogen-bond donors (Lipinski definition) is 1. The SMILES string of the molecule is Cc1ccc(NC(=O)CN(c2ccc(Cl)c(Cl)c2)S(C)(=O)=O)c(C)c1. The van der Waals surface area contributed by atoms with Gasteiger partial charge in [0.25, 0.3) is 0 Å². The van der Waals surface area contributed by atoms with Gasteiger partial charge in [-0.3, -0.25) is 9.10 Å². The van der Waals surface area contributed by atoms with E-state index >= 15 is 0 Å². The number of aryl methyl sites for hydroxylation is 2. The average molecular weight is 401 g/mol. The molecular formula is C17H18Cl2N2O3S. The minimum Gasteiger partial charge on any atom is -0.324 e. The van der Waals surface area contributed by atoms with Crippen LogP contribution in [0, 0.1) is 13.8 Å². The average Bonchev–Trinajstić information content (AvgIpc) is 2.49. The lowest BCUT2D eigenvalue weighted by atomic mass is 10.1. The van der Waals surface area contributed by atoms with Crippen LogP contribution in [0.1, 0.15) is 11.1 Å². The zero-order valence-corrected chi connectivity index (χ0v) is 16.3. The van der Waals surface area contributed by atoms with Gasteiger partial charge >= 0.3 is 0 Å². The van der Waals surface area contributed by atoms with Crippen LogP contribution in [0.15, 0.2) is 36.4 Å². The molecule has 0 spiro atoms. The Balaban J connectivity index is 2.25. The number of carbonyl (C=O) groups is 1. The van der Waals surface area contributed by atoms with Gasteiger partial charge in [-0.25, -0.2) is 8.42 Å². The van der Waals surface area contributed by atoms with Crippen molar-refractivity contribution in [3.05, 3.63) is 57.6 Å². The van der Waals surface area contributed by atoms with Crippen molar-refractivity contribution in [1.29, 1.82) is 0 Å². The maximum absolute atomic E-state index is 12.4. The first kappa shape index (κ1) is 19.6. The van der Waals surface area contributed by atoms with E-state index in [1.807, 2.05) is 26.0 Å². The fourth-order valence-electron chi connectivity index (χ4n) is 2.31. The number of benzene rings is 2. The summed E-state index contributed by atoms with van der Waals surface area (Å²) in [5, 5.41) is 3.25. The van der Waals surface area contributed by atoms with Crippen molar-refractivity contribution in [3.63, 3.8) is 0 Å². The van der Waals surface area contributed by atoms with E-state index in [0.717, 1.165) is 21.7 Å². The zero-order valence-electron chi connectivity index (χ0n) is 14.0. The Labute approximate surface area is 157 Å². The lowest BCUT2D eigenvalue weighted by Crippen LogP contribution is -2.37. The van der Waals surface area contributed by atoms with Crippen LogP contribution in [0.25, 0.3) is 0 Å². The highest BCUT2D eigenvalue weighted by molar-refractivity contribution is 7.92. The number of nitrogens with one attached hydrogen (secondary N) is 1. The predicted molar refractivity (Wildman–Crippen MR) is 103 cm³/mol. The van der Waals surface area contributed by atoms with Crippen LogP contribution < -0.4 is 9.62 Å². The molecule has 2 rings (SSSR count). The van der Waals surface area contributed by atoms with Gasteiger partial charge in [-0.1, -0.05) is 40.9 Å². The molecule has 8 heteroatoms. The largest absolute Gasteiger partial charge is 0.324 e. The summed E-state index contributed by atoms with van der Waals surface area (Å²) in [5.41, 5.74) is 2.88. The van der Waals surface area contributed by atoms with E-state index in [0.29, 0.717) is 10.7 Å². The molecule has 5 nitrogen and oxygen atoms in total. The lowest BCUT2D eigenvalue weighted by molar-refractivity contribution is -0.114. The molecule has 1 N–H and O–H groups in total. The van der Waals surface area contributed by atoms with Crippen LogP contribution in [-0.4, -0.2) is 27.1 Å². The first-order chi connectivity index (χ1) is 11.6. The number of sulfonamides is 1. The monoisotopic (exact) mass is 400 g/mol. The second-order valence-corrected chi connectivity index (χ2v) is 8.46. The molecule has 0 fully saturated rings. The molecule has 2 aromatic rings. The Morgan fingerprint density at radius 2 is 1.76 bits per heavy atom. The number of anilines is 2. The molecule has 0 unspecified atom stereocenters. The molecule has 0 saturated heterocycles. The number of amides is 1. The second kappa shape index (κ2) is 7.64. The summed E-state index contributed by atoms with van der Waals surface area (Å²) in [6.45, 7) is 3.45. The summed E-state index contributed by atoms with van der Waals surface area (Å²) in [4.78, 5) is 12.4. The Morgan fingerprint density at radius 1 is 1.08 bits per heavy atom. The lowest BCUT2D eigenvalue weighted by Gasteiger charge is -2.22. The predicted octanol–water partition coefficient (Wildman–Crippen LogP) is 4.01. The van der Waals surface area contributed by atoms with Crippen molar-refractivity contribution < 1.29 is 13.2 Å². The van der Waals surface area contributed by atoms with Gasteiger partial charge < -0.3 is 5.32 Å². The number of halogens is 2.